The predicted octanol–water partition coefficient (Wildman–Crippen LogP) is 7.92. The molecule has 0 bridgehead atoms. The van der Waals surface area contributed by atoms with E-state index < -0.39 is 0 Å². The van der Waals surface area contributed by atoms with Crippen LogP contribution >= 0.6 is 0 Å². The summed E-state index contributed by atoms with van der Waals surface area (Å²) in [6.45, 7) is 8.83. The van der Waals surface area contributed by atoms with Gasteiger partial charge in [-0.2, -0.15) is 0 Å². The van der Waals surface area contributed by atoms with Crippen LogP contribution in [0.5, 0.6) is 0 Å². The first kappa shape index (κ1) is 18.3. The molecule has 138 valence electrons. The summed E-state index contributed by atoms with van der Waals surface area (Å²) in [6, 6.07) is 30.7. The van der Waals surface area contributed by atoms with E-state index in [0.29, 0.717) is 0 Å². The summed E-state index contributed by atoms with van der Waals surface area (Å²) >= 11 is 0. The molecule has 4 aromatic carbocycles. The molecule has 0 aromatic heterocycles. The average Bonchev–Trinajstić information content (AvgIpc) is 2.70. The van der Waals surface area contributed by atoms with Crippen molar-refractivity contribution >= 4 is 0 Å². The first-order valence-electron chi connectivity index (χ1n) is 9.88. The highest BCUT2D eigenvalue weighted by Gasteiger charge is 2.11. The highest BCUT2D eigenvalue weighted by atomic mass is 14.2. The van der Waals surface area contributed by atoms with Crippen molar-refractivity contribution in [3.05, 3.63) is 107 Å². The average molecular weight is 363 g/mol. The first-order chi connectivity index (χ1) is 13.5. The highest BCUT2D eigenvalue weighted by Crippen LogP contribution is 2.35. The van der Waals surface area contributed by atoms with Gasteiger partial charge in [0.05, 0.1) is 0 Å². The SMILES string of the molecule is Cc1cccc(-c2ccc(-c3ccc(-c4ccccc4)c(C)c3)c(C)c2C)c1. The Bertz CT molecular complexity index is 1130. The zero-order valence-electron chi connectivity index (χ0n) is 17.1. The number of hydrogen-bond acceptors (Lipinski definition) is 0. The molecule has 4 rings (SSSR count). The van der Waals surface area contributed by atoms with Crippen LogP contribution in [0.4, 0.5) is 0 Å². The number of hydrogen-bond donors (Lipinski definition) is 0. The summed E-state index contributed by atoms with van der Waals surface area (Å²) in [5.41, 5.74) is 13.1. The Hall–Kier alpha value is -3.12. The molecule has 0 N–H and O–H groups in total. The minimum atomic E-state index is 1.27. The van der Waals surface area contributed by atoms with E-state index in [4.69, 9.17) is 0 Å². The topological polar surface area (TPSA) is 0 Å². The van der Waals surface area contributed by atoms with Gasteiger partial charge in [0.1, 0.15) is 0 Å². The second-order valence-electron chi connectivity index (χ2n) is 7.68. The van der Waals surface area contributed by atoms with Gasteiger partial charge in [-0.25, -0.2) is 0 Å². The summed E-state index contributed by atoms with van der Waals surface area (Å²) in [5.74, 6) is 0. The third-order valence-corrected chi connectivity index (χ3v) is 5.74. The third kappa shape index (κ3) is 3.39. The monoisotopic (exact) mass is 362 g/mol. The smallest absolute Gasteiger partial charge is 0.0152 e. The van der Waals surface area contributed by atoms with E-state index in [9.17, 15) is 0 Å². The molecule has 0 spiro atoms. The fourth-order valence-electron chi connectivity index (χ4n) is 4.03. The van der Waals surface area contributed by atoms with Crippen LogP contribution in [0.1, 0.15) is 22.3 Å². The molecule has 4 aromatic rings. The zero-order chi connectivity index (χ0) is 19.7. The molecular formula is C28H26. The van der Waals surface area contributed by atoms with Crippen LogP contribution < -0.4 is 0 Å². The summed E-state index contributed by atoms with van der Waals surface area (Å²) in [6.07, 6.45) is 0. The van der Waals surface area contributed by atoms with Gasteiger partial charge in [-0.1, -0.05) is 90.5 Å². The van der Waals surface area contributed by atoms with Crippen LogP contribution in [0.2, 0.25) is 0 Å². The molecule has 0 saturated heterocycles. The van der Waals surface area contributed by atoms with Gasteiger partial charge in [-0.05, 0) is 77.8 Å². The van der Waals surface area contributed by atoms with Gasteiger partial charge in [-0.15, -0.1) is 0 Å². The van der Waals surface area contributed by atoms with E-state index in [2.05, 4.69) is 113 Å². The molecule has 0 nitrogen and oxygen atoms in total. The van der Waals surface area contributed by atoms with Crippen LogP contribution in [0, 0.1) is 27.7 Å². The molecule has 0 atom stereocenters. The Kier molecular flexibility index (Phi) is 4.88. The Balaban J connectivity index is 1.76. The van der Waals surface area contributed by atoms with Crippen molar-refractivity contribution in [1.82, 2.24) is 0 Å². The van der Waals surface area contributed by atoms with Gasteiger partial charge < -0.3 is 0 Å². The molecule has 0 aliphatic carbocycles. The van der Waals surface area contributed by atoms with Gasteiger partial charge in [0, 0.05) is 0 Å². The van der Waals surface area contributed by atoms with E-state index in [-0.39, 0.29) is 0 Å². The molecule has 0 saturated carbocycles. The molecular weight excluding hydrogens is 336 g/mol. The molecule has 0 aliphatic rings. The molecule has 0 fully saturated rings. The Labute approximate surface area is 168 Å². The second-order valence-corrected chi connectivity index (χ2v) is 7.68. The van der Waals surface area contributed by atoms with Crippen molar-refractivity contribution in [2.24, 2.45) is 0 Å². The Morgan fingerprint density at radius 2 is 1.00 bits per heavy atom. The van der Waals surface area contributed by atoms with Crippen molar-refractivity contribution in [3.63, 3.8) is 0 Å². The van der Waals surface area contributed by atoms with E-state index in [1.165, 1.54) is 55.6 Å². The fourth-order valence-corrected chi connectivity index (χ4v) is 4.03. The predicted molar refractivity (Wildman–Crippen MR) is 122 cm³/mol. The first-order valence-corrected chi connectivity index (χ1v) is 9.88. The van der Waals surface area contributed by atoms with Crippen molar-refractivity contribution in [2.75, 3.05) is 0 Å². The third-order valence-electron chi connectivity index (χ3n) is 5.74. The highest BCUT2D eigenvalue weighted by molar-refractivity contribution is 5.79. The number of rotatable bonds is 3. The maximum Gasteiger partial charge on any atom is -0.0152 e. The normalized spacial score (nSPS) is 10.9. The number of benzene rings is 4. The lowest BCUT2D eigenvalue weighted by Gasteiger charge is -2.16. The minimum absolute atomic E-state index is 1.27. The summed E-state index contributed by atoms with van der Waals surface area (Å²) in [4.78, 5) is 0. The lowest BCUT2D eigenvalue weighted by molar-refractivity contribution is 1.33. The lowest BCUT2D eigenvalue weighted by Crippen LogP contribution is -1.93. The fraction of sp³-hybridized carbons (Fsp3) is 0.143. The molecule has 0 amide bonds. The maximum atomic E-state index is 2.32. The van der Waals surface area contributed by atoms with Crippen LogP contribution in [-0.2, 0) is 0 Å². The van der Waals surface area contributed by atoms with Gasteiger partial charge >= 0.3 is 0 Å². The largest absolute Gasteiger partial charge is 0.0622 e. The molecule has 0 aliphatic heterocycles. The van der Waals surface area contributed by atoms with Crippen LogP contribution in [0.15, 0.2) is 84.9 Å². The van der Waals surface area contributed by atoms with Crippen LogP contribution in [-0.4, -0.2) is 0 Å². The molecule has 0 heterocycles. The van der Waals surface area contributed by atoms with Gasteiger partial charge in [0.25, 0.3) is 0 Å². The summed E-state index contributed by atoms with van der Waals surface area (Å²) < 4.78 is 0. The van der Waals surface area contributed by atoms with E-state index in [0.717, 1.165) is 0 Å². The van der Waals surface area contributed by atoms with Gasteiger partial charge in [0.15, 0.2) is 0 Å². The standard InChI is InChI=1S/C28H26/c1-19-9-8-12-24(17-19)27-15-16-28(22(4)21(27)3)25-13-14-26(20(2)18-25)23-10-6-5-7-11-23/h5-18H,1-4H3. The molecule has 0 radical (unpaired) electrons. The van der Waals surface area contributed by atoms with Crippen LogP contribution in [0.3, 0.4) is 0 Å². The summed E-state index contributed by atoms with van der Waals surface area (Å²) in [5, 5.41) is 0. The lowest BCUT2D eigenvalue weighted by atomic mass is 9.89. The quantitative estimate of drug-likeness (QED) is 0.347. The van der Waals surface area contributed by atoms with E-state index in [1.807, 2.05) is 0 Å². The summed E-state index contributed by atoms with van der Waals surface area (Å²) in [7, 11) is 0. The minimum Gasteiger partial charge on any atom is -0.0622 e. The Morgan fingerprint density at radius 3 is 1.61 bits per heavy atom. The Morgan fingerprint density at radius 1 is 0.429 bits per heavy atom. The molecule has 0 heteroatoms. The molecule has 0 unspecified atom stereocenters. The zero-order valence-corrected chi connectivity index (χ0v) is 17.1. The van der Waals surface area contributed by atoms with Crippen molar-refractivity contribution in [1.29, 1.82) is 0 Å². The maximum absolute atomic E-state index is 2.32. The van der Waals surface area contributed by atoms with Gasteiger partial charge in [0.2, 0.25) is 0 Å². The van der Waals surface area contributed by atoms with E-state index >= 15 is 0 Å². The van der Waals surface area contributed by atoms with Gasteiger partial charge in [-0.3, -0.25) is 0 Å². The van der Waals surface area contributed by atoms with Crippen molar-refractivity contribution in [2.45, 2.75) is 27.7 Å². The number of aryl methyl sites for hydroxylation is 2. The van der Waals surface area contributed by atoms with Crippen LogP contribution in [0.25, 0.3) is 33.4 Å². The molecule has 28 heavy (non-hydrogen) atoms. The van der Waals surface area contributed by atoms with Crippen molar-refractivity contribution in [3.8, 4) is 33.4 Å². The van der Waals surface area contributed by atoms with E-state index in [1.54, 1.807) is 0 Å². The second kappa shape index (κ2) is 7.48. The van der Waals surface area contributed by atoms with Crippen molar-refractivity contribution < 1.29 is 0 Å².